The van der Waals surface area contributed by atoms with Crippen molar-refractivity contribution < 1.29 is 9.53 Å². The number of amides is 1. The number of hydrogen-bond acceptors (Lipinski definition) is 4. The molecule has 1 aliphatic carbocycles. The number of nitrogens with one attached hydrogen (secondary N) is 1. The summed E-state index contributed by atoms with van der Waals surface area (Å²) in [5.41, 5.74) is 7.08. The number of nitrogens with zero attached hydrogens (tertiary/aromatic N) is 1. The molecule has 1 aromatic rings. The highest BCUT2D eigenvalue weighted by molar-refractivity contribution is 5.76. The van der Waals surface area contributed by atoms with Gasteiger partial charge < -0.3 is 20.7 Å². The molecule has 2 rings (SSSR count). The molecular formula is C20H33N3O2. The fraction of sp³-hybridized carbons (Fsp3) is 0.650. The van der Waals surface area contributed by atoms with Crippen LogP contribution >= 0.6 is 0 Å². The Morgan fingerprint density at radius 2 is 2.04 bits per heavy atom. The largest absolute Gasteiger partial charge is 0.492 e. The summed E-state index contributed by atoms with van der Waals surface area (Å²) < 4.78 is 5.94. The Labute approximate surface area is 151 Å². The molecule has 5 nitrogen and oxygen atoms in total. The minimum Gasteiger partial charge on any atom is -0.492 e. The molecule has 0 bridgehead atoms. The van der Waals surface area contributed by atoms with E-state index in [2.05, 4.69) is 24.1 Å². The zero-order chi connectivity index (χ0) is 18.1. The average Bonchev–Trinajstić information content (AvgIpc) is 3.02. The Kier molecular flexibility index (Phi) is 8.22. The van der Waals surface area contributed by atoms with Gasteiger partial charge in [0.25, 0.3) is 0 Å². The van der Waals surface area contributed by atoms with E-state index in [4.69, 9.17) is 10.5 Å². The lowest BCUT2D eigenvalue weighted by Gasteiger charge is -2.19. The van der Waals surface area contributed by atoms with Crippen molar-refractivity contribution in [2.45, 2.75) is 52.1 Å². The van der Waals surface area contributed by atoms with E-state index in [1.165, 1.54) is 0 Å². The lowest BCUT2D eigenvalue weighted by molar-refractivity contribution is -0.122. The first-order chi connectivity index (χ1) is 12.1. The van der Waals surface area contributed by atoms with Gasteiger partial charge in [0.05, 0.1) is 0 Å². The smallest absolute Gasteiger partial charge is 0.220 e. The molecule has 0 heterocycles. The topological polar surface area (TPSA) is 67.6 Å². The zero-order valence-electron chi connectivity index (χ0n) is 15.7. The fourth-order valence-corrected chi connectivity index (χ4v) is 3.44. The summed E-state index contributed by atoms with van der Waals surface area (Å²) in [5.74, 6) is 1.27. The molecule has 0 aliphatic heterocycles. The third kappa shape index (κ3) is 6.33. The second-order valence-corrected chi connectivity index (χ2v) is 6.82. The quantitative estimate of drug-likeness (QED) is 0.682. The van der Waals surface area contributed by atoms with Gasteiger partial charge in [-0.25, -0.2) is 0 Å². The van der Waals surface area contributed by atoms with Crippen LogP contribution in [-0.2, 0) is 11.3 Å². The van der Waals surface area contributed by atoms with E-state index in [1.807, 2.05) is 24.3 Å². The summed E-state index contributed by atoms with van der Waals surface area (Å²) in [6.45, 7) is 8.44. The first-order valence-electron chi connectivity index (χ1n) is 9.59. The first kappa shape index (κ1) is 19.7. The van der Waals surface area contributed by atoms with Crippen molar-refractivity contribution in [3.8, 4) is 5.75 Å². The molecule has 0 spiro atoms. The molecule has 1 aliphatic rings. The maximum absolute atomic E-state index is 12.2. The van der Waals surface area contributed by atoms with Gasteiger partial charge >= 0.3 is 0 Å². The Hall–Kier alpha value is -1.59. The van der Waals surface area contributed by atoms with Crippen LogP contribution < -0.4 is 15.8 Å². The minimum absolute atomic E-state index is 0.0836. The van der Waals surface area contributed by atoms with E-state index in [9.17, 15) is 4.79 Å². The first-order valence-corrected chi connectivity index (χ1v) is 9.59. The molecule has 0 unspecified atom stereocenters. The summed E-state index contributed by atoms with van der Waals surface area (Å²) in [5, 5.41) is 3.02. The van der Waals surface area contributed by atoms with Crippen molar-refractivity contribution >= 4 is 5.91 Å². The zero-order valence-corrected chi connectivity index (χ0v) is 15.7. The molecule has 1 amide bonds. The molecule has 5 heteroatoms. The molecule has 0 aromatic heterocycles. The van der Waals surface area contributed by atoms with Crippen molar-refractivity contribution in [3.05, 3.63) is 29.8 Å². The average molecular weight is 348 g/mol. The van der Waals surface area contributed by atoms with Gasteiger partial charge in [-0.05, 0) is 37.9 Å². The Morgan fingerprint density at radius 1 is 1.28 bits per heavy atom. The third-order valence-electron chi connectivity index (χ3n) is 5.17. The number of ether oxygens (including phenoxy) is 1. The molecule has 1 fully saturated rings. The maximum atomic E-state index is 12.2. The molecule has 2 atom stereocenters. The predicted molar refractivity (Wildman–Crippen MR) is 102 cm³/mol. The third-order valence-corrected chi connectivity index (χ3v) is 5.17. The van der Waals surface area contributed by atoms with Gasteiger partial charge in [-0.15, -0.1) is 0 Å². The number of benzene rings is 1. The highest BCUT2D eigenvalue weighted by atomic mass is 16.5. The van der Waals surface area contributed by atoms with Crippen molar-refractivity contribution in [1.29, 1.82) is 0 Å². The highest BCUT2D eigenvalue weighted by Crippen LogP contribution is 2.26. The summed E-state index contributed by atoms with van der Waals surface area (Å²) in [6, 6.07) is 8.10. The van der Waals surface area contributed by atoms with E-state index in [0.717, 1.165) is 50.2 Å². The standard InChI is InChI=1S/C20H33N3O2/c1-3-23(4-2)12-13-25-19-11-6-5-8-17(19)15-22-20(24)14-16-9-7-10-18(16)21/h5-6,8,11,16,18H,3-4,7,9-10,12-15,21H2,1-2H3,(H,22,24)/t16-,18+/m0/s1. The molecule has 0 radical (unpaired) electrons. The number of para-hydroxylation sites is 1. The lowest BCUT2D eigenvalue weighted by atomic mass is 10.00. The SMILES string of the molecule is CCN(CC)CCOc1ccccc1CNC(=O)C[C@@H]1CCC[C@H]1N. The number of likely N-dealkylation sites (N-methyl/N-ethyl adjacent to an activating group) is 1. The summed E-state index contributed by atoms with van der Waals surface area (Å²) >= 11 is 0. The second-order valence-electron chi connectivity index (χ2n) is 6.82. The van der Waals surface area contributed by atoms with Gasteiger partial charge in [-0.3, -0.25) is 4.79 Å². The summed E-state index contributed by atoms with van der Waals surface area (Å²) in [4.78, 5) is 14.5. The van der Waals surface area contributed by atoms with Crippen LogP contribution in [0.2, 0.25) is 0 Å². The van der Waals surface area contributed by atoms with E-state index in [1.54, 1.807) is 0 Å². The number of carbonyl (C=O) groups is 1. The van der Waals surface area contributed by atoms with Crippen LogP contribution in [0.25, 0.3) is 0 Å². The van der Waals surface area contributed by atoms with Gasteiger partial charge in [0.1, 0.15) is 12.4 Å². The van der Waals surface area contributed by atoms with Crippen LogP contribution in [-0.4, -0.2) is 43.1 Å². The Bertz CT molecular complexity index is 531. The van der Waals surface area contributed by atoms with Crippen LogP contribution in [0.3, 0.4) is 0 Å². The van der Waals surface area contributed by atoms with E-state index in [0.29, 0.717) is 25.5 Å². The van der Waals surface area contributed by atoms with Crippen LogP contribution in [0.5, 0.6) is 5.75 Å². The minimum atomic E-state index is 0.0836. The number of hydrogen-bond donors (Lipinski definition) is 2. The van der Waals surface area contributed by atoms with E-state index in [-0.39, 0.29) is 11.9 Å². The molecule has 1 saturated carbocycles. The highest BCUT2D eigenvalue weighted by Gasteiger charge is 2.25. The molecule has 0 saturated heterocycles. The van der Waals surface area contributed by atoms with Crippen LogP contribution in [0, 0.1) is 5.92 Å². The van der Waals surface area contributed by atoms with E-state index < -0.39 is 0 Å². The summed E-state index contributed by atoms with van der Waals surface area (Å²) in [6.07, 6.45) is 3.79. The van der Waals surface area contributed by atoms with Crippen LogP contribution in [0.4, 0.5) is 0 Å². The summed E-state index contributed by atoms with van der Waals surface area (Å²) in [7, 11) is 0. The van der Waals surface area contributed by atoms with Gasteiger partial charge in [0, 0.05) is 31.1 Å². The number of nitrogens with two attached hydrogens (primary N) is 1. The fourth-order valence-electron chi connectivity index (χ4n) is 3.44. The molecule has 25 heavy (non-hydrogen) atoms. The van der Waals surface area contributed by atoms with Crippen LogP contribution in [0.1, 0.15) is 45.1 Å². The second kappa shape index (κ2) is 10.4. The Balaban J connectivity index is 1.80. The van der Waals surface area contributed by atoms with Gasteiger partial charge in [-0.1, -0.05) is 38.5 Å². The predicted octanol–water partition coefficient (Wildman–Crippen LogP) is 2.54. The van der Waals surface area contributed by atoms with Crippen molar-refractivity contribution in [3.63, 3.8) is 0 Å². The molecule has 1 aromatic carbocycles. The Morgan fingerprint density at radius 3 is 2.72 bits per heavy atom. The van der Waals surface area contributed by atoms with Crippen molar-refractivity contribution in [2.75, 3.05) is 26.2 Å². The van der Waals surface area contributed by atoms with E-state index >= 15 is 0 Å². The molecular weight excluding hydrogens is 314 g/mol. The lowest BCUT2D eigenvalue weighted by Crippen LogP contribution is -2.31. The van der Waals surface area contributed by atoms with Gasteiger partial charge in [-0.2, -0.15) is 0 Å². The molecule has 140 valence electrons. The maximum Gasteiger partial charge on any atom is 0.220 e. The normalized spacial score (nSPS) is 20.0. The number of carbonyl (C=O) groups excluding carboxylic acids is 1. The van der Waals surface area contributed by atoms with Crippen molar-refractivity contribution in [2.24, 2.45) is 11.7 Å². The molecule has 3 N–H and O–H groups in total. The van der Waals surface area contributed by atoms with Crippen molar-refractivity contribution in [1.82, 2.24) is 10.2 Å². The van der Waals surface area contributed by atoms with Crippen LogP contribution in [0.15, 0.2) is 24.3 Å². The van der Waals surface area contributed by atoms with Gasteiger partial charge in [0.15, 0.2) is 0 Å². The monoisotopic (exact) mass is 347 g/mol. The number of rotatable bonds is 10. The van der Waals surface area contributed by atoms with Gasteiger partial charge in [0.2, 0.25) is 5.91 Å².